The first-order chi connectivity index (χ1) is 11.9. The Morgan fingerprint density at radius 1 is 1.32 bits per heavy atom. The summed E-state index contributed by atoms with van der Waals surface area (Å²) in [6, 6.07) is 5.32. The lowest BCUT2D eigenvalue weighted by Gasteiger charge is -2.28. The van der Waals surface area contributed by atoms with E-state index in [9.17, 15) is 8.42 Å². The molecule has 2 heterocycles. The van der Waals surface area contributed by atoms with Crippen LogP contribution in [0.1, 0.15) is 33.1 Å². The lowest BCUT2D eigenvalue weighted by molar-refractivity contribution is 0.198. The highest BCUT2D eigenvalue weighted by atomic mass is 32.2. The van der Waals surface area contributed by atoms with Crippen LogP contribution in [0.3, 0.4) is 0 Å². The molecular weight excluding hydrogens is 336 g/mol. The fourth-order valence-corrected chi connectivity index (χ4v) is 5.40. The number of benzene rings is 1. The van der Waals surface area contributed by atoms with Crippen molar-refractivity contribution in [3.05, 3.63) is 30.9 Å². The van der Waals surface area contributed by atoms with Gasteiger partial charge in [-0.1, -0.05) is 19.9 Å². The van der Waals surface area contributed by atoms with Gasteiger partial charge in [0.05, 0.1) is 6.04 Å². The quantitative estimate of drug-likeness (QED) is 0.753. The van der Waals surface area contributed by atoms with Gasteiger partial charge in [0.25, 0.3) is 0 Å². The molecule has 138 valence electrons. The summed E-state index contributed by atoms with van der Waals surface area (Å²) in [5.74, 6) is 0.863. The third kappa shape index (κ3) is 3.70. The van der Waals surface area contributed by atoms with Gasteiger partial charge in [-0.25, -0.2) is 8.42 Å². The van der Waals surface area contributed by atoms with Gasteiger partial charge >= 0.3 is 0 Å². The fraction of sp³-hybridized carbons (Fsp3) is 0.579. The van der Waals surface area contributed by atoms with Crippen LogP contribution in [0.2, 0.25) is 0 Å². The number of ether oxygens (including phenoxy) is 1. The molecule has 0 radical (unpaired) electrons. The molecule has 2 aliphatic heterocycles. The summed E-state index contributed by atoms with van der Waals surface area (Å²) in [5.41, 5.74) is 1.05. The summed E-state index contributed by atoms with van der Waals surface area (Å²) >= 11 is 0. The smallest absolute Gasteiger partial charge is 0.247 e. The lowest BCUT2D eigenvalue weighted by Crippen LogP contribution is -2.42. The van der Waals surface area contributed by atoms with Crippen LogP contribution in [0.15, 0.2) is 35.7 Å². The van der Waals surface area contributed by atoms with E-state index in [0.717, 1.165) is 25.2 Å². The number of anilines is 1. The zero-order chi connectivity index (χ0) is 18.0. The summed E-state index contributed by atoms with van der Waals surface area (Å²) in [6.07, 6.45) is 4.77. The summed E-state index contributed by atoms with van der Waals surface area (Å²) in [6.45, 7) is 10.6. The summed E-state index contributed by atoms with van der Waals surface area (Å²) in [4.78, 5) is 2.55. The molecule has 2 aliphatic rings. The van der Waals surface area contributed by atoms with Crippen LogP contribution in [0.25, 0.3) is 0 Å². The van der Waals surface area contributed by atoms with Gasteiger partial charge in [-0.05, 0) is 37.3 Å². The van der Waals surface area contributed by atoms with Gasteiger partial charge < -0.3 is 9.64 Å². The molecule has 0 amide bonds. The molecule has 0 aromatic heterocycles. The highest BCUT2D eigenvalue weighted by molar-refractivity contribution is 7.89. The van der Waals surface area contributed by atoms with Crippen LogP contribution in [0.4, 0.5) is 5.69 Å². The van der Waals surface area contributed by atoms with E-state index >= 15 is 0 Å². The summed E-state index contributed by atoms with van der Waals surface area (Å²) in [5, 5.41) is 0. The van der Waals surface area contributed by atoms with Crippen molar-refractivity contribution in [3.8, 4) is 5.75 Å². The maximum Gasteiger partial charge on any atom is 0.247 e. The van der Waals surface area contributed by atoms with Crippen molar-refractivity contribution in [2.45, 2.75) is 44.0 Å². The normalized spacial score (nSPS) is 23.2. The van der Waals surface area contributed by atoms with Gasteiger partial charge in [0, 0.05) is 31.4 Å². The molecule has 0 saturated carbocycles. The first kappa shape index (κ1) is 18.3. The predicted molar refractivity (Wildman–Crippen MR) is 101 cm³/mol. The lowest BCUT2D eigenvalue weighted by atomic mass is 10.0. The van der Waals surface area contributed by atoms with Gasteiger partial charge in [0.1, 0.15) is 17.3 Å². The third-order valence-electron chi connectivity index (χ3n) is 4.88. The van der Waals surface area contributed by atoms with Gasteiger partial charge in [-0.15, -0.1) is 6.58 Å². The highest BCUT2D eigenvalue weighted by Crippen LogP contribution is 2.36. The van der Waals surface area contributed by atoms with Crippen molar-refractivity contribution in [3.63, 3.8) is 0 Å². The molecule has 1 fully saturated rings. The van der Waals surface area contributed by atoms with Crippen molar-refractivity contribution >= 4 is 15.7 Å². The number of fused-ring (bicyclic) bond motifs is 1. The molecule has 5 nitrogen and oxygen atoms in total. The third-order valence-corrected chi connectivity index (χ3v) is 6.83. The predicted octanol–water partition coefficient (Wildman–Crippen LogP) is 3.27. The maximum absolute atomic E-state index is 13.2. The summed E-state index contributed by atoms with van der Waals surface area (Å²) < 4.78 is 34.0. The first-order valence-electron chi connectivity index (χ1n) is 9.08. The standard InChI is InChI=1S/C19H28N2O3S/c1-4-9-21-17(12-15(2)3)14-24-18-13-16(20-10-5-6-11-20)7-8-19(18)25(21,22)23/h4,7-8,13,15,17H,1,5-6,9-12,14H2,2-3H3/t17-/m1/s1. The fourth-order valence-electron chi connectivity index (χ4n) is 3.69. The minimum absolute atomic E-state index is 0.175. The van der Waals surface area contributed by atoms with Gasteiger partial charge in [-0.2, -0.15) is 4.31 Å². The Balaban J connectivity index is 1.99. The number of nitrogens with zero attached hydrogens (tertiary/aromatic N) is 2. The second-order valence-corrected chi connectivity index (χ2v) is 9.14. The largest absolute Gasteiger partial charge is 0.490 e. The van der Waals surface area contributed by atoms with E-state index in [4.69, 9.17) is 4.74 Å². The van der Waals surface area contributed by atoms with Crippen LogP contribution < -0.4 is 9.64 Å². The number of rotatable bonds is 5. The van der Waals surface area contributed by atoms with E-state index in [1.54, 1.807) is 16.4 Å². The monoisotopic (exact) mass is 364 g/mol. The topological polar surface area (TPSA) is 49.9 Å². The minimum Gasteiger partial charge on any atom is -0.490 e. The average molecular weight is 365 g/mol. The van der Waals surface area contributed by atoms with Crippen molar-refractivity contribution < 1.29 is 13.2 Å². The zero-order valence-electron chi connectivity index (χ0n) is 15.1. The molecular formula is C19H28N2O3S. The Hall–Kier alpha value is -1.53. The zero-order valence-corrected chi connectivity index (χ0v) is 16.0. The maximum atomic E-state index is 13.2. The molecule has 1 aromatic carbocycles. The van der Waals surface area contributed by atoms with Crippen molar-refractivity contribution in [1.29, 1.82) is 0 Å². The molecule has 0 bridgehead atoms. The van der Waals surface area contributed by atoms with Gasteiger partial charge in [0.15, 0.2) is 0 Å². The Morgan fingerprint density at radius 3 is 2.68 bits per heavy atom. The van der Waals surface area contributed by atoms with Gasteiger partial charge in [0.2, 0.25) is 10.0 Å². The molecule has 1 aromatic rings. The van der Waals surface area contributed by atoms with Crippen LogP contribution in [0.5, 0.6) is 5.75 Å². The van der Waals surface area contributed by atoms with Crippen molar-refractivity contribution in [2.75, 3.05) is 31.1 Å². The summed E-state index contributed by atoms with van der Waals surface area (Å²) in [7, 11) is -3.60. The van der Waals surface area contributed by atoms with E-state index in [1.165, 1.54) is 12.8 Å². The Morgan fingerprint density at radius 2 is 2.04 bits per heavy atom. The number of hydrogen-bond donors (Lipinski definition) is 0. The van der Waals surface area contributed by atoms with Crippen LogP contribution in [0, 0.1) is 5.92 Å². The van der Waals surface area contributed by atoms with Crippen LogP contribution >= 0.6 is 0 Å². The van der Waals surface area contributed by atoms with Crippen LogP contribution in [-0.4, -0.2) is 45.0 Å². The molecule has 0 unspecified atom stereocenters. The average Bonchev–Trinajstić information content (AvgIpc) is 3.07. The second-order valence-electron chi connectivity index (χ2n) is 7.28. The molecule has 0 N–H and O–H groups in total. The number of sulfonamides is 1. The number of hydrogen-bond acceptors (Lipinski definition) is 4. The SMILES string of the molecule is C=CCN1[C@H](CC(C)C)COc2cc(N3CCCC3)ccc2S1(=O)=O. The van der Waals surface area contributed by atoms with Crippen molar-refractivity contribution in [2.24, 2.45) is 5.92 Å². The molecule has 1 saturated heterocycles. The van der Waals surface area contributed by atoms with Crippen molar-refractivity contribution in [1.82, 2.24) is 4.31 Å². The highest BCUT2D eigenvalue weighted by Gasteiger charge is 2.37. The Bertz CT molecular complexity index is 724. The Labute approximate surface area is 151 Å². The van der Waals surface area contributed by atoms with E-state index in [2.05, 4.69) is 25.3 Å². The van der Waals surface area contributed by atoms with E-state index in [0.29, 0.717) is 24.8 Å². The molecule has 1 atom stereocenters. The second kappa shape index (κ2) is 7.38. The molecule has 0 spiro atoms. The van der Waals surface area contributed by atoms with Gasteiger partial charge in [-0.3, -0.25) is 0 Å². The molecule has 25 heavy (non-hydrogen) atoms. The van der Waals surface area contributed by atoms with E-state index in [-0.39, 0.29) is 10.9 Å². The molecule has 0 aliphatic carbocycles. The van der Waals surface area contributed by atoms with Crippen LogP contribution in [-0.2, 0) is 10.0 Å². The van der Waals surface area contributed by atoms with E-state index < -0.39 is 10.0 Å². The van der Waals surface area contributed by atoms with E-state index in [1.807, 2.05) is 12.1 Å². The molecule has 6 heteroatoms. The molecule has 3 rings (SSSR count). The minimum atomic E-state index is -3.60. The Kier molecular flexibility index (Phi) is 5.39. The first-order valence-corrected chi connectivity index (χ1v) is 10.5.